The van der Waals surface area contributed by atoms with Crippen LogP contribution in [0.25, 0.3) is 0 Å². The molecule has 1 aromatic heterocycles. The van der Waals surface area contributed by atoms with E-state index in [4.69, 9.17) is 14.2 Å². The van der Waals surface area contributed by atoms with Gasteiger partial charge in [-0.1, -0.05) is 300 Å². The monoisotopic (exact) mass is 1320 g/mol. The second-order valence-corrected chi connectivity index (χ2v) is 32.2. The van der Waals surface area contributed by atoms with Crippen LogP contribution in [-0.4, -0.2) is 79.3 Å². The highest BCUT2D eigenvalue weighted by Crippen LogP contribution is 2.47. The summed E-state index contributed by atoms with van der Waals surface area (Å²) < 4.78 is 17.7. The third-order valence-corrected chi connectivity index (χ3v) is 20.7. The average Bonchev–Trinajstić information content (AvgIpc) is 0.815. The van der Waals surface area contributed by atoms with Gasteiger partial charge in [-0.3, -0.25) is 15.1 Å². The molecule has 0 aromatic carbocycles. The number of alkyl carbamates (subject to hydrolysis) is 3. The molecule has 6 N–H and O–H groups in total. The standard InChI is InChI=1S/C79H147N7O8/c1-12-16-20-24-28-32-34-38-42-46-50-65(48-44-40-36-30-26-22-18-14-3)58-93-74(90)83-67-54-76(6,7)60-78(10,56-67)62-80-72(88)86-71-82-64(5)69(70(87)85-71)52-53-92-73(89)81-63-79(11)57-68(55-77(8,9)61-79)84-75(91)94-59-66(49-45-41-37-31-27-23-19-15-4)51-47-43-39-35-33-29-25-21-17-13-2/h65-68H,12-63H2,1-11H3,(H,81,89)(H,83,90)(H,84,91)(H3,80,82,85,86,87,88)/t65?,66?,67?,68-,78?,79?/m1/s1. The van der Waals surface area contributed by atoms with E-state index in [-0.39, 0.29) is 64.9 Å². The molecule has 15 nitrogen and oxygen atoms in total. The van der Waals surface area contributed by atoms with E-state index < -0.39 is 17.7 Å². The minimum atomic E-state index is -0.574. The normalized spacial score (nSPS) is 19.8. The number of rotatable bonds is 54. The van der Waals surface area contributed by atoms with Gasteiger partial charge < -0.3 is 35.5 Å². The van der Waals surface area contributed by atoms with Crippen LogP contribution in [0, 0.1) is 40.4 Å². The Morgan fingerprint density at radius 2 is 0.787 bits per heavy atom. The summed E-state index contributed by atoms with van der Waals surface area (Å²) >= 11 is 0. The predicted octanol–water partition coefficient (Wildman–Crippen LogP) is 22.0. The number of amides is 5. The van der Waals surface area contributed by atoms with Gasteiger partial charge in [0.1, 0.15) is 0 Å². The number of aromatic amines is 1. The molecular weight excluding hydrogens is 1170 g/mol. The Balaban J connectivity index is 1.44. The molecular formula is C79H147N7O8. The van der Waals surface area contributed by atoms with Crippen molar-refractivity contribution < 1.29 is 33.4 Å². The fraction of sp³-hybridized carbons (Fsp3) is 0.899. The molecule has 0 radical (unpaired) electrons. The molecule has 1 aromatic rings. The first-order chi connectivity index (χ1) is 45.1. The quantitative estimate of drug-likeness (QED) is 0.0271. The van der Waals surface area contributed by atoms with E-state index in [0.717, 1.165) is 51.4 Å². The summed E-state index contributed by atoms with van der Waals surface area (Å²) in [4.78, 5) is 74.2. The molecule has 94 heavy (non-hydrogen) atoms. The summed E-state index contributed by atoms with van der Waals surface area (Å²) in [6.07, 6.45) is 54.9. The number of carbonyl (C=O) groups excluding carboxylic acids is 4. The zero-order chi connectivity index (χ0) is 68.8. The Morgan fingerprint density at radius 1 is 0.457 bits per heavy atom. The highest BCUT2D eigenvalue weighted by atomic mass is 16.6. The fourth-order valence-corrected chi connectivity index (χ4v) is 16.1. The lowest BCUT2D eigenvalue weighted by molar-refractivity contribution is 0.0596. The molecule has 0 saturated heterocycles. The molecule has 5 amide bonds. The second kappa shape index (κ2) is 49.5. The van der Waals surface area contributed by atoms with E-state index in [2.05, 4.69) is 106 Å². The maximum atomic E-state index is 13.5. The zero-order valence-electron chi connectivity index (χ0n) is 62.8. The number of hydrogen-bond donors (Lipinski definition) is 6. The number of anilines is 1. The van der Waals surface area contributed by atoms with Gasteiger partial charge in [-0.15, -0.1) is 0 Å². The summed E-state index contributed by atoms with van der Waals surface area (Å²) in [7, 11) is 0. The van der Waals surface area contributed by atoms with Crippen LogP contribution in [0.5, 0.6) is 0 Å². The van der Waals surface area contributed by atoms with E-state index in [1.165, 1.54) is 231 Å². The Hall–Kier alpha value is -4.04. The third kappa shape index (κ3) is 40.6. The number of ether oxygens (including phenoxy) is 3. The van der Waals surface area contributed by atoms with Crippen LogP contribution in [-0.2, 0) is 20.6 Å². The lowest BCUT2D eigenvalue weighted by atomic mass is 9.62. The van der Waals surface area contributed by atoms with Crippen LogP contribution in [0.3, 0.4) is 0 Å². The van der Waals surface area contributed by atoms with Crippen LogP contribution in [0.1, 0.15) is 376 Å². The van der Waals surface area contributed by atoms with Crippen molar-refractivity contribution in [3.8, 4) is 0 Å². The first kappa shape index (κ1) is 84.2. The summed E-state index contributed by atoms with van der Waals surface area (Å²) in [5.74, 6) is 0.783. The first-order valence-electron chi connectivity index (χ1n) is 39.5. The Morgan fingerprint density at radius 3 is 1.13 bits per heavy atom. The first-order valence-corrected chi connectivity index (χ1v) is 39.5. The zero-order valence-corrected chi connectivity index (χ0v) is 62.8. The number of aryl methyl sites for hydroxylation is 1. The molecule has 0 aliphatic heterocycles. The molecule has 2 fully saturated rings. The van der Waals surface area contributed by atoms with E-state index in [1.54, 1.807) is 6.92 Å². The highest BCUT2D eigenvalue weighted by molar-refractivity contribution is 5.87. The summed E-state index contributed by atoms with van der Waals surface area (Å²) in [5, 5.41) is 15.2. The van der Waals surface area contributed by atoms with Gasteiger partial charge in [0.05, 0.1) is 25.5 Å². The van der Waals surface area contributed by atoms with Gasteiger partial charge in [0.2, 0.25) is 5.95 Å². The van der Waals surface area contributed by atoms with Crippen molar-refractivity contribution in [1.82, 2.24) is 31.2 Å². The number of nitrogens with one attached hydrogen (secondary N) is 6. The minimum absolute atomic E-state index is 0.0234. The Labute approximate surface area is 575 Å². The van der Waals surface area contributed by atoms with Gasteiger partial charge >= 0.3 is 24.3 Å². The van der Waals surface area contributed by atoms with Crippen LogP contribution in [0.2, 0.25) is 0 Å². The lowest BCUT2D eigenvalue weighted by Crippen LogP contribution is -2.51. The molecule has 15 heteroatoms. The number of urea groups is 1. The van der Waals surface area contributed by atoms with Gasteiger partial charge in [0.25, 0.3) is 5.56 Å². The predicted molar refractivity (Wildman–Crippen MR) is 392 cm³/mol. The Bertz CT molecular complexity index is 2220. The van der Waals surface area contributed by atoms with Crippen molar-refractivity contribution in [3.05, 3.63) is 21.6 Å². The van der Waals surface area contributed by atoms with Crippen molar-refractivity contribution in [2.24, 2.45) is 33.5 Å². The molecule has 0 spiro atoms. The van der Waals surface area contributed by atoms with E-state index in [1.807, 2.05) is 0 Å². The number of nitrogens with zero attached hydrogens (tertiary/aromatic N) is 1. The van der Waals surface area contributed by atoms with Crippen molar-refractivity contribution >= 4 is 30.3 Å². The van der Waals surface area contributed by atoms with Crippen molar-refractivity contribution in [2.75, 3.05) is 38.2 Å². The molecule has 6 atom stereocenters. The minimum Gasteiger partial charge on any atom is -0.449 e. The van der Waals surface area contributed by atoms with Gasteiger partial charge in [0, 0.05) is 37.2 Å². The molecule has 2 aliphatic carbocycles. The number of H-pyrrole nitrogens is 1. The maximum Gasteiger partial charge on any atom is 0.407 e. The van der Waals surface area contributed by atoms with Gasteiger partial charge in [-0.2, -0.15) is 0 Å². The molecule has 3 rings (SSSR count). The molecule has 5 unspecified atom stereocenters. The average molecular weight is 1320 g/mol. The largest absolute Gasteiger partial charge is 0.449 e. The van der Waals surface area contributed by atoms with Crippen LogP contribution < -0.4 is 32.1 Å². The van der Waals surface area contributed by atoms with Crippen LogP contribution in [0.15, 0.2) is 4.79 Å². The maximum absolute atomic E-state index is 13.5. The van der Waals surface area contributed by atoms with Crippen molar-refractivity contribution in [3.63, 3.8) is 0 Å². The second-order valence-electron chi connectivity index (χ2n) is 32.2. The molecule has 1 heterocycles. The summed E-state index contributed by atoms with van der Waals surface area (Å²) in [5.41, 5.74) is -0.428. The number of hydrogen-bond acceptors (Lipinski definition) is 9. The fourth-order valence-electron chi connectivity index (χ4n) is 16.1. The van der Waals surface area contributed by atoms with Gasteiger partial charge in [-0.05, 0) is 105 Å². The lowest BCUT2D eigenvalue weighted by Gasteiger charge is -2.46. The van der Waals surface area contributed by atoms with E-state index in [9.17, 15) is 24.0 Å². The summed E-state index contributed by atoms with van der Waals surface area (Å²) in [6.45, 7) is 25.6. The van der Waals surface area contributed by atoms with E-state index >= 15 is 0 Å². The number of carbonyl (C=O) groups is 4. The highest BCUT2D eigenvalue weighted by Gasteiger charge is 2.44. The smallest absolute Gasteiger partial charge is 0.407 e. The SMILES string of the molecule is CCCCCCCCCCCCC(CCCCCCCCCC)COC(=O)NC1CC(C)(C)CC(C)(CNC(=O)Nc2nc(C)c(CCOC(=O)NCC3(C)C[C@H](NC(=O)OCC(CCCCCCCCCC)CCCCCCCCCCCC)CC(C)(C)C3)c(=O)[nH]2)C1. The number of aromatic nitrogens is 2. The van der Waals surface area contributed by atoms with Crippen molar-refractivity contribution in [2.45, 2.75) is 390 Å². The number of unbranched alkanes of at least 4 members (excludes halogenated alkanes) is 32. The Kier molecular flexibility index (Phi) is 44.3. The topological polar surface area (TPSA) is 202 Å². The molecule has 2 aliphatic rings. The summed E-state index contributed by atoms with van der Waals surface area (Å²) in [6, 6.07) is -0.694. The molecule has 2 saturated carbocycles. The van der Waals surface area contributed by atoms with Crippen LogP contribution in [0.4, 0.5) is 25.1 Å². The third-order valence-electron chi connectivity index (χ3n) is 20.7. The van der Waals surface area contributed by atoms with Gasteiger partial charge in [0.15, 0.2) is 0 Å². The van der Waals surface area contributed by atoms with Crippen molar-refractivity contribution in [1.29, 1.82) is 0 Å². The van der Waals surface area contributed by atoms with Crippen LogP contribution >= 0.6 is 0 Å². The molecule has 0 bridgehead atoms. The van der Waals surface area contributed by atoms with Gasteiger partial charge in [-0.25, -0.2) is 24.2 Å². The van der Waals surface area contributed by atoms with E-state index in [0.29, 0.717) is 62.2 Å². The molecule has 546 valence electrons.